The van der Waals surface area contributed by atoms with E-state index < -0.39 is 0 Å². The van der Waals surface area contributed by atoms with Crippen LogP contribution in [0.5, 0.6) is 0 Å². The van der Waals surface area contributed by atoms with Crippen LogP contribution in [0.2, 0.25) is 0 Å². The number of hydrogen-bond donors (Lipinski definition) is 2. The number of nitrogens with zero attached hydrogens (tertiary/aromatic N) is 4. The van der Waals surface area contributed by atoms with Gasteiger partial charge in [-0.3, -0.25) is 0 Å². The summed E-state index contributed by atoms with van der Waals surface area (Å²) in [5.74, 6) is 6.49. The number of rotatable bonds is 4. The van der Waals surface area contributed by atoms with Crippen molar-refractivity contribution in [2.45, 2.75) is 0 Å². The van der Waals surface area contributed by atoms with E-state index in [0.29, 0.717) is 11.6 Å². The van der Waals surface area contributed by atoms with Crippen molar-refractivity contribution in [3.05, 3.63) is 78.9 Å². The van der Waals surface area contributed by atoms with Crippen LogP contribution in [0.1, 0.15) is 0 Å². The van der Waals surface area contributed by atoms with E-state index in [2.05, 4.69) is 21.7 Å². The summed E-state index contributed by atoms with van der Waals surface area (Å²) in [6.45, 7) is 0. The Kier molecular flexibility index (Phi) is 3.94. The molecule has 122 valence electrons. The Hall–Kier alpha value is -3.51. The highest BCUT2D eigenvalue weighted by atomic mass is 15.4. The molecule has 2 aromatic carbocycles. The topological polar surface area (TPSA) is 81.6 Å². The number of aromatic nitrogens is 4. The van der Waals surface area contributed by atoms with Gasteiger partial charge >= 0.3 is 0 Å². The summed E-state index contributed by atoms with van der Waals surface area (Å²) in [6, 6.07) is 25.8. The molecule has 4 aromatic rings. The van der Waals surface area contributed by atoms with E-state index >= 15 is 0 Å². The molecule has 2 aromatic heterocycles. The molecule has 0 bridgehead atoms. The van der Waals surface area contributed by atoms with Crippen LogP contribution in [-0.2, 0) is 0 Å². The average Bonchev–Trinajstić information content (AvgIpc) is 3.15. The molecule has 2 heterocycles. The van der Waals surface area contributed by atoms with E-state index in [1.165, 1.54) is 0 Å². The summed E-state index contributed by atoms with van der Waals surface area (Å²) < 4.78 is 1.80. The van der Waals surface area contributed by atoms with Gasteiger partial charge < -0.3 is 5.43 Å². The summed E-state index contributed by atoms with van der Waals surface area (Å²) in [5.41, 5.74) is 6.41. The summed E-state index contributed by atoms with van der Waals surface area (Å²) in [7, 11) is 0. The third-order valence-electron chi connectivity index (χ3n) is 3.86. The molecule has 0 unspecified atom stereocenters. The summed E-state index contributed by atoms with van der Waals surface area (Å²) in [6.07, 6.45) is 0. The molecule has 6 nitrogen and oxygen atoms in total. The first kappa shape index (κ1) is 15.0. The molecule has 4 rings (SSSR count). The van der Waals surface area contributed by atoms with Crippen molar-refractivity contribution in [2.24, 2.45) is 5.84 Å². The third-order valence-corrected chi connectivity index (χ3v) is 3.86. The Balaban J connectivity index is 1.87. The molecular weight excluding hydrogens is 312 g/mol. The lowest BCUT2D eigenvalue weighted by atomic mass is 10.1. The lowest BCUT2D eigenvalue weighted by Gasteiger charge is -2.06. The van der Waals surface area contributed by atoms with Crippen LogP contribution < -0.4 is 11.3 Å². The first-order chi connectivity index (χ1) is 12.3. The lowest BCUT2D eigenvalue weighted by Crippen LogP contribution is -2.10. The van der Waals surface area contributed by atoms with Gasteiger partial charge in [0.15, 0.2) is 11.6 Å². The molecule has 0 amide bonds. The smallest absolute Gasteiger partial charge is 0.176 e. The molecule has 0 fully saturated rings. The van der Waals surface area contributed by atoms with Crippen LogP contribution in [0.25, 0.3) is 28.3 Å². The highest BCUT2D eigenvalue weighted by Crippen LogP contribution is 2.28. The van der Waals surface area contributed by atoms with Crippen LogP contribution in [-0.4, -0.2) is 20.0 Å². The minimum atomic E-state index is 0.500. The van der Waals surface area contributed by atoms with Crippen LogP contribution in [0.15, 0.2) is 78.9 Å². The quantitative estimate of drug-likeness (QED) is 0.444. The molecule has 3 N–H and O–H groups in total. The van der Waals surface area contributed by atoms with Gasteiger partial charge in [-0.25, -0.2) is 10.5 Å². The van der Waals surface area contributed by atoms with Gasteiger partial charge in [0.1, 0.15) is 0 Å². The monoisotopic (exact) mass is 328 g/mol. The van der Waals surface area contributed by atoms with Gasteiger partial charge in [-0.2, -0.15) is 5.10 Å². The molecule has 6 heteroatoms. The average molecular weight is 328 g/mol. The maximum absolute atomic E-state index is 5.36. The lowest BCUT2D eigenvalue weighted by molar-refractivity contribution is 0.823. The summed E-state index contributed by atoms with van der Waals surface area (Å²) >= 11 is 0. The Labute approximate surface area is 144 Å². The fraction of sp³-hybridized carbons (Fsp3) is 0. The molecule has 0 saturated carbocycles. The maximum atomic E-state index is 5.36. The Morgan fingerprint density at radius 1 is 0.760 bits per heavy atom. The van der Waals surface area contributed by atoms with Crippen molar-refractivity contribution < 1.29 is 0 Å². The Morgan fingerprint density at radius 3 is 2.04 bits per heavy atom. The molecule has 0 aliphatic heterocycles. The highest BCUT2D eigenvalue weighted by molar-refractivity contribution is 5.70. The summed E-state index contributed by atoms with van der Waals surface area (Å²) in [4.78, 5) is 0. The fourth-order valence-electron chi connectivity index (χ4n) is 2.64. The number of anilines is 1. The number of benzene rings is 2. The largest absolute Gasteiger partial charge is 0.307 e. The Morgan fingerprint density at radius 2 is 1.44 bits per heavy atom. The van der Waals surface area contributed by atoms with Crippen molar-refractivity contribution in [3.8, 4) is 28.3 Å². The van der Waals surface area contributed by atoms with Crippen LogP contribution in [0.3, 0.4) is 0 Å². The van der Waals surface area contributed by atoms with Crippen LogP contribution in [0, 0.1) is 0 Å². The fourth-order valence-corrected chi connectivity index (χ4v) is 2.64. The minimum absolute atomic E-state index is 0.500. The first-order valence-corrected chi connectivity index (χ1v) is 7.87. The molecule has 0 aliphatic rings. The molecular formula is C19H16N6. The van der Waals surface area contributed by atoms with Gasteiger partial charge in [0.2, 0.25) is 0 Å². The number of nitrogens with one attached hydrogen (secondary N) is 1. The second-order valence-electron chi connectivity index (χ2n) is 5.48. The van der Waals surface area contributed by atoms with E-state index in [-0.39, 0.29) is 0 Å². The zero-order valence-electron chi connectivity index (χ0n) is 13.4. The van der Waals surface area contributed by atoms with Crippen LogP contribution in [0.4, 0.5) is 5.82 Å². The number of nitrogen functional groups attached to an aromatic ring is 1. The molecule has 25 heavy (non-hydrogen) atoms. The standard InChI is InChI=1S/C19H16N6/c20-21-18-11-12-19(23-22-18)25-17(15-9-5-2-6-10-15)13-16(24-25)14-7-3-1-4-8-14/h1-13H,20H2,(H,21,22). The molecule has 0 spiro atoms. The number of nitrogens with two attached hydrogens (primary N) is 1. The molecule has 0 radical (unpaired) electrons. The third kappa shape index (κ3) is 2.98. The van der Waals surface area contributed by atoms with Gasteiger partial charge in [-0.05, 0) is 18.2 Å². The zero-order chi connectivity index (χ0) is 17.1. The first-order valence-electron chi connectivity index (χ1n) is 7.87. The van der Waals surface area contributed by atoms with Crippen molar-refractivity contribution in [1.82, 2.24) is 20.0 Å². The van der Waals surface area contributed by atoms with Gasteiger partial charge in [0, 0.05) is 11.1 Å². The van der Waals surface area contributed by atoms with Crippen molar-refractivity contribution >= 4 is 5.82 Å². The zero-order valence-corrected chi connectivity index (χ0v) is 13.4. The number of hydrogen-bond acceptors (Lipinski definition) is 5. The Bertz CT molecular complexity index is 962. The van der Waals surface area contributed by atoms with Crippen molar-refractivity contribution in [2.75, 3.05) is 5.43 Å². The normalized spacial score (nSPS) is 10.6. The number of hydrazine groups is 1. The van der Waals surface area contributed by atoms with Gasteiger partial charge in [-0.1, -0.05) is 60.7 Å². The molecule has 0 atom stereocenters. The van der Waals surface area contributed by atoms with Gasteiger partial charge in [-0.15, -0.1) is 10.2 Å². The predicted octanol–water partition coefficient (Wildman–Crippen LogP) is 3.28. The molecule has 0 saturated heterocycles. The maximum Gasteiger partial charge on any atom is 0.176 e. The van der Waals surface area contributed by atoms with E-state index in [1.807, 2.05) is 66.7 Å². The molecule has 0 aliphatic carbocycles. The second-order valence-corrected chi connectivity index (χ2v) is 5.48. The van der Waals surface area contributed by atoms with E-state index in [4.69, 9.17) is 10.9 Å². The SMILES string of the molecule is NNc1ccc(-n2nc(-c3ccccc3)cc2-c2ccccc2)nn1. The second kappa shape index (κ2) is 6.54. The van der Waals surface area contributed by atoms with E-state index in [0.717, 1.165) is 22.5 Å². The van der Waals surface area contributed by atoms with Crippen molar-refractivity contribution in [1.29, 1.82) is 0 Å². The predicted molar refractivity (Wildman–Crippen MR) is 97.8 cm³/mol. The van der Waals surface area contributed by atoms with E-state index in [1.54, 1.807) is 10.7 Å². The minimum Gasteiger partial charge on any atom is -0.307 e. The highest BCUT2D eigenvalue weighted by Gasteiger charge is 2.14. The summed E-state index contributed by atoms with van der Waals surface area (Å²) in [5, 5.41) is 13.0. The van der Waals surface area contributed by atoms with E-state index in [9.17, 15) is 0 Å². The van der Waals surface area contributed by atoms with Crippen molar-refractivity contribution in [3.63, 3.8) is 0 Å². The van der Waals surface area contributed by atoms with Crippen LogP contribution >= 0.6 is 0 Å². The van der Waals surface area contributed by atoms with Gasteiger partial charge in [0.05, 0.1) is 11.4 Å². The van der Waals surface area contributed by atoms with Gasteiger partial charge in [0.25, 0.3) is 0 Å².